The van der Waals surface area contributed by atoms with Crippen LogP contribution in [0.25, 0.3) is 10.2 Å². The lowest BCUT2D eigenvalue weighted by molar-refractivity contribution is 0.463. The summed E-state index contributed by atoms with van der Waals surface area (Å²) >= 11 is 1.82. The van der Waals surface area contributed by atoms with Gasteiger partial charge in [-0.15, -0.1) is 11.3 Å². The van der Waals surface area contributed by atoms with Crippen LogP contribution in [0.2, 0.25) is 0 Å². The standard InChI is InChI=1S/C19H21N5S/c1-3-8-21-14(5-1)15-6-2-4-10-24(15)18-17-13-7-9-20-11-16(13)25-19(17)23-12-22-18/h1,3,5,8,12,15,20H,2,4,6-7,9-11H2. The van der Waals surface area contributed by atoms with E-state index < -0.39 is 0 Å². The maximum Gasteiger partial charge on any atom is 0.141 e. The van der Waals surface area contributed by atoms with Gasteiger partial charge < -0.3 is 10.2 Å². The van der Waals surface area contributed by atoms with Crippen molar-refractivity contribution in [1.29, 1.82) is 0 Å². The average Bonchev–Trinajstić information content (AvgIpc) is 3.07. The molecule has 3 aromatic rings. The lowest BCUT2D eigenvalue weighted by Crippen LogP contribution is -2.34. The van der Waals surface area contributed by atoms with Crippen molar-refractivity contribution in [2.75, 3.05) is 18.0 Å². The van der Waals surface area contributed by atoms with Gasteiger partial charge in [-0.25, -0.2) is 9.97 Å². The number of aromatic nitrogens is 3. The Morgan fingerprint density at radius 2 is 2.16 bits per heavy atom. The van der Waals surface area contributed by atoms with E-state index in [-0.39, 0.29) is 0 Å². The summed E-state index contributed by atoms with van der Waals surface area (Å²) in [7, 11) is 0. The Balaban J connectivity index is 1.65. The highest BCUT2D eigenvalue weighted by Crippen LogP contribution is 2.41. The van der Waals surface area contributed by atoms with Crippen molar-refractivity contribution in [3.8, 4) is 0 Å². The Morgan fingerprint density at radius 3 is 3.08 bits per heavy atom. The van der Waals surface area contributed by atoms with Gasteiger partial charge in [-0.2, -0.15) is 0 Å². The van der Waals surface area contributed by atoms with E-state index in [1.165, 1.54) is 28.7 Å². The highest BCUT2D eigenvalue weighted by atomic mass is 32.1. The van der Waals surface area contributed by atoms with Gasteiger partial charge in [0.25, 0.3) is 0 Å². The van der Waals surface area contributed by atoms with Gasteiger partial charge in [-0.1, -0.05) is 6.07 Å². The fourth-order valence-corrected chi connectivity index (χ4v) is 5.28. The molecule has 1 fully saturated rings. The first kappa shape index (κ1) is 15.2. The highest BCUT2D eigenvalue weighted by molar-refractivity contribution is 7.19. The van der Waals surface area contributed by atoms with Gasteiger partial charge in [0.15, 0.2) is 0 Å². The molecular weight excluding hydrogens is 330 g/mol. The first-order valence-corrected chi connectivity index (χ1v) is 9.87. The number of nitrogens with zero attached hydrogens (tertiary/aromatic N) is 4. The van der Waals surface area contributed by atoms with Crippen LogP contribution in [-0.4, -0.2) is 28.0 Å². The SMILES string of the molecule is c1ccc(C2CCCCN2c2ncnc3sc4c(c23)CCNC4)nc1. The van der Waals surface area contributed by atoms with Crippen LogP contribution in [0.4, 0.5) is 5.82 Å². The quantitative estimate of drug-likeness (QED) is 0.766. The van der Waals surface area contributed by atoms with Crippen LogP contribution in [0, 0.1) is 0 Å². The molecule has 1 unspecified atom stereocenters. The van der Waals surface area contributed by atoms with E-state index in [2.05, 4.69) is 32.3 Å². The second-order valence-electron chi connectivity index (χ2n) is 6.77. The molecule has 2 aliphatic rings. The van der Waals surface area contributed by atoms with Gasteiger partial charge in [-0.05, 0) is 49.9 Å². The van der Waals surface area contributed by atoms with E-state index in [1.807, 2.05) is 23.6 Å². The van der Waals surface area contributed by atoms with Gasteiger partial charge in [0.05, 0.1) is 17.1 Å². The van der Waals surface area contributed by atoms with Gasteiger partial charge >= 0.3 is 0 Å². The minimum absolute atomic E-state index is 0.310. The molecule has 0 radical (unpaired) electrons. The number of fused-ring (bicyclic) bond motifs is 3. The molecule has 1 saturated heterocycles. The zero-order valence-electron chi connectivity index (χ0n) is 14.1. The third-order valence-electron chi connectivity index (χ3n) is 5.29. The molecule has 0 saturated carbocycles. The summed E-state index contributed by atoms with van der Waals surface area (Å²) in [5.74, 6) is 1.11. The van der Waals surface area contributed by atoms with Gasteiger partial charge in [0, 0.05) is 24.2 Å². The molecule has 0 spiro atoms. The van der Waals surface area contributed by atoms with E-state index in [1.54, 1.807) is 6.33 Å². The molecule has 128 valence electrons. The smallest absolute Gasteiger partial charge is 0.141 e. The largest absolute Gasteiger partial charge is 0.347 e. The third kappa shape index (κ3) is 2.60. The maximum absolute atomic E-state index is 4.76. The second-order valence-corrected chi connectivity index (χ2v) is 7.85. The lowest BCUT2D eigenvalue weighted by atomic mass is 9.97. The zero-order chi connectivity index (χ0) is 16.6. The Morgan fingerprint density at radius 1 is 1.16 bits per heavy atom. The van der Waals surface area contributed by atoms with Crippen molar-refractivity contribution in [3.63, 3.8) is 0 Å². The predicted molar refractivity (Wildman–Crippen MR) is 101 cm³/mol. The van der Waals surface area contributed by atoms with Crippen LogP contribution >= 0.6 is 11.3 Å². The topological polar surface area (TPSA) is 53.9 Å². The number of thiophene rings is 1. The van der Waals surface area contributed by atoms with Crippen LogP contribution < -0.4 is 10.2 Å². The van der Waals surface area contributed by atoms with Crippen molar-refractivity contribution in [2.45, 2.75) is 38.3 Å². The first-order valence-electron chi connectivity index (χ1n) is 9.05. The number of hydrogen-bond donors (Lipinski definition) is 1. The van der Waals surface area contributed by atoms with E-state index in [4.69, 9.17) is 4.98 Å². The van der Waals surface area contributed by atoms with Crippen molar-refractivity contribution >= 4 is 27.4 Å². The van der Waals surface area contributed by atoms with Crippen LogP contribution in [0.15, 0.2) is 30.7 Å². The van der Waals surface area contributed by atoms with Crippen LogP contribution in [0.3, 0.4) is 0 Å². The summed E-state index contributed by atoms with van der Waals surface area (Å²) in [6.07, 6.45) is 8.29. The molecule has 1 atom stereocenters. The monoisotopic (exact) mass is 351 g/mol. The minimum atomic E-state index is 0.310. The van der Waals surface area contributed by atoms with Crippen molar-refractivity contribution in [2.24, 2.45) is 0 Å². The van der Waals surface area contributed by atoms with E-state index >= 15 is 0 Å². The molecule has 6 heteroatoms. The van der Waals surface area contributed by atoms with Gasteiger partial charge in [0.1, 0.15) is 17.0 Å². The Kier molecular flexibility index (Phi) is 3.87. The Labute approximate surface area is 151 Å². The summed E-state index contributed by atoms with van der Waals surface area (Å²) in [4.78, 5) is 19.0. The number of rotatable bonds is 2. The van der Waals surface area contributed by atoms with Gasteiger partial charge in [0.2, 0.25) is 0 Å². The highest BCUT2D eigenvalue weighted by Gasteiger charge is 2.29. The third-order valence-corrected chi connectivity index (χ3v) is 6.43. The molecule has 5 nitrogen and oxygen atoms in total. The fraction of sp³-hybridized carbons (Fsp3) is 0.421. The Hall–Kier alpha value is -2.05. The maximum atomic E-state index is 4.76. The number of piperidine rings is 1. The molecule has 2 aliphatic heterocycles. The molecule has 0 amide bonds. The molecule has 0 bridgehead atoms. The molecule has 0 aliphatic carbocycles. The normalized spacial score (nSPS) is 20.6. The zero-order valence-corrected chi connectivity index (χ0v) is 14.9. The predicted octanol–water partition coefficient (Wildman–Crippen LogP) is 3.46. The van der Waals surface area contributed by atoms with Crippen molar-refractivity contribution < 1.29 is 0 Å². The van der Waals surface area contributed by atoms with Gasteiger partial charge in [-0.3, -0.25) is 4.98 Å². The number of anilines is 1. The molecule has 1 N–H and O–H groups in total. The lowest BCUT2D eigenvalue weighted by Gasteiger charge is -2.36. The number of nitrogens with one attached hydrogen (secondary N) is 1. The summed E-state index contributed by atoms with van der Waals surface area (Å²) in [5.41, 5.74) is 2.61. The second kappa shape index (κ2) is 6.35. The van der Waals surface area contributed by atoms with Crippen molar-refractivity contribution in [1.82, 2.24) is 20.3 Å². The molecule has 3 aromatic heterocycles. The molecule has 25 heavy (non-hydrogen) atoms. The summed E-state index contributed by atoms with van der Waals surface area (Å²) in [6.45, 7) is 3.03. The molecular formula is C19H21N5S. The Bertz CT molecular complexity index is 891. The number of hydrogen-bond acceptors (Lipinski definition) is 6. The minimum Gasteiger partial charge on any atom is -0.347 e. The summed E-state index contributed by atoms with van der Waals surface area (Å²) in [6, 6.07) is 6.53. The number of pyridine rings is 1. The molecule has 0 aromatic carbocycles. The van der Waals surface area contributed by atoms with Crippen LogP contribution in [-0.2, 0) is 13.0 Å². The average molecular weight is 351 g/mol. The fourth-order valence-electron chi connectivity index (χ4n) is 4.13. The van der Waals surface area contributed by atoms with E-state index in [0.29, 0.717) is 6.04 Å². The molecule has 5 heterocycles. The summed E-state index contributed by atoms with van der Waals surface area (Å²) < 4.78 is 0. The van der Waals surface area contributed by atoms with E-state index in [9.17, 15) is 0 Å². The summed E-state index contributed by atoms with van der Waals surface area (Å²) in [5, 5.41) is 4.76. The van der Waals surface area contributed by atoms with E-state index in [0.717, 1.165) is 48.8 Å². The van der Waals surface area contributed by atoms with Crippen LogP contribution in [0.5, 0.6) is 0 Å². The van der Waals surface area contributed by atoms with Crippen molar-refractivity contribution in [3.05, 3.63) is 46.9 Å². The van der Waals surface area contributed by atoms with Crippen LogP contribution in [0.1, 0.15) is 41.4 Å². The first-order chi connectivity index (χ1) is 12.4. The molecule has 5 rings (SSSR count).